The molecule has 0 aliphatic carbocycles. The second-order valence-corrected chi connectivity index (χ2v) is 8.83. The average molecular weight is 637 g/mol. The van der Waals surface area contributed by atoms with E-state index in [4.69, 9.17) is 0 Å². The molecule has 0 heterocycles. The van der Waals surface area contributed by atoms with Crippen molar-refractivity contribution in [3.05, 3.63) is 0 Å². The van der Waals surface area contributed by atoms with Crippen LogP contribution in [-0.4, -0.2) is 80.2 Å². The third kappa shape index (κ3) is 6.27. The molecule has 0 aromatic carbocycles. The predicted octanol–water partition coefficient (Wildman–Crippen LogP) is 0.102. The number of carbonyl (C=O) groups excluding carboxylic acids is 1. The van der Waals surface area contributed by atoms with Crippen LogP contribution in [0.2, 0.25) is 0 Å². The van der Waals surface area contributed by atoms with Crippen LogP contribution in [0.4, 0.5) is 74.6 Å². The molecule has 0 amide bonds. The van der Waals surface area contributed by atoms with Crippen molar-refractivity contribution in [2.24, 2.45) is 0 Å². The second kappa shape index (κ2) is 11.4. The van der Waals surface area contributed by atoms with Gasteiger partial charge in [0.25, 0.3) is 0 Å². The van der Waals surface area contributed by atoms with Crippen LogP contribution < -0.4 is 61.8 Å². The van der Waals surface area contributed by atoms with E-state index in [1.807, 2.05) is 0 Å². The average Bonchev–Trinajstić information content (AvgIpc) is 2.65. The number of hydrogen-bond acceptors (Lipinski definition) is 5. The Morgan fingerprint density at radius 1 is 0.622 bits per heavy atom. The molecule has 0 atom stereocenters. The minimum absolute atomic E-state index is 0. The van der Waals surface area contributed by atoms with Crippen LogP contribution in [0.5, 0.6) is 0 Å². The van der Waals surface area contributed by atoms with Crippen LogP contribution in [0.25, 0.3) is 0 Å². The summed E-state index contributed by atoms with van der Waals surface area (Å²) in [7, 11) is -7.15. The fourth-order valence-electron chi connectivity index (χ4n) is 2.05. The summed E-state index contributed by atoms with van der Waals surface area (Å²) in [5, 5.41) is 4.17. The van der Waals surface area contributed by atoms with Crippen LogP contribution in [0, 0.1) is 0 Å². The first kappa shape index (κ1) is 39.0. The van der Waals surface area contributed by atoms with Crippen molar-refractivity contribution in [3.63, 3.8) is 0 Å². The van der Waals surface area contributed by atoms with E-state index in [2.05, 4.69) is 0 Å². The monoisotopic (exact) mass is 637 g/mol. The van der Waals surface area contributed by atoms with E-state index in [1.165, 1.54) is 0 Å². The van der Waals surface area contributed by atoms with E-state index >= 15 is 0 Å². The van der Waals surface area contributed by atoms with Gasteiger partial charge in [-0.05, 0) is 13.0 Å². The van der Waals surface area contributed by atoms with Crippen molar-refractivity contribution in [2.45, 2.75) is 53.4 Å². The predicted molar refractivity (Wildman–Crippen MR) is 77.0 cm³/mol. The zero-order chi connectivity index (χ0) is 29.6. The van der Waals surface area contributed by atoms with Gasteiger partial charge in [-0.3, -0.25) is 0 Å². The third-order valence-electron chi connectivity index (χ3n) is 4.12. The molecule has 0 aliphatic heterocycles. The van der Waals surface area contributed by atoms with Gasteiger partial charge in [-0.15, -0.1) is 0 Å². The van der Waals surface area contributed by atoms with Crippen LogP contribution in [0.3, 0.4) is 0 Å². The summed E-state index contributed by atoms with van der Waals surface area (Å²) in [4.78, 5) is 10.0. The molecule has 5 nitrogen and oxygen atoms in total. The number of sulfone groups is 1. The molecule has 0 fully saturated rings. The fraction of sp³-hybridized carbons (Fsp3) is 0.923. The molecule has 24 heteroatoms. The molecule has 0 saturated heterocycles. The first-order valence-corrected chi connectivity index (χ1v) is 9.91. The number of nitrogens with one attached hydrogen (secondary N) is 1. The number of alkyl halides is 17. The van der Waals surface area contributed by atoms with Gasteiger partial charge >= 0.3 is 98.4 Å². The van der Waals surface area contributed by atoms with E-state index in [1.54, 1.807) is 5.32 Å². The van der Waals surface area contributed by atoms with Gasteiger partial charge in [0.2, 0.25) is 9.84 Å². The number of hydrogen-bond donors (Lipinski definition) is 1. The Bertz CT molecular complexity index is 919. The van der Waals surface area contributed by atoms with Crippen molar-refractivity contribution < 1.29 is 144 Å². The summed E-state index contributed by atoms with van der Waals surface area (Å²) >= 11 is 0. The number of carbonyl (C=O) groups is 1. The Kier molecular flexibility index (Phi) is 12.0. The van der Waals surface area contributed by atoms with E-state index in [9.17, 15) is 93.0 Å². The summed E-state index contributed by atoms with van der Waals surface area (Å²) in [6.07, 6.45) is -9.28. The van der Waals surface area contributed by atoms with Gasteiger partial charge in [0.1, 0.15) is 0 Å². The van der Waals surface area contributed by atoms with Crippen molar-refractivity contribution >= 4 is 15.8 Å². The van der Waals surface area contributed by atoms with E-state index in [-0.39, 0.29) is 51.4 Å². The molecule has 0 unspecified atom stereocenters. The summed E-state index contributed by atoms with van der Waals surface area (Å²) in [6, 6.07) is 0. The van der Waals surface area contributed by atoms with E-state index < -0.39 is 88.0 Å². The van der Waals surface area contributed by atoms with E-state index in [0.29, 0.717) is 0 Å². The van der Waals surface area contributed by atoms with Crippen molar-refractivity contribution in [1.82, 2.24) is 5.32 Å². The molecule has 37 heavy (non-hydrogen) atoms. The van der Waals surface area contributed by atoms with Gasteiger partial charge in [0.15, 0.2) is 0 Å². The molecule has 0 radical (unpaired) electrons. The molecular formula is C13H9F17KNO4S. The molecule has 0 rings (SSSR count). The van der Waals surface area contributed by atoms with Crippen LogP contribution >= 0.6 is 0 Å². The van der Waals surface area contributed by atoms with Crippen molar-refractivity contribution in [3.8, 4) is 0 Å². The van der Waals surface area contributed by atoms with Crippen LogP contribution in [0.15, 0.2) is 0 Å². The zero-order valence-electron chi connectivity index (χ0n) is 17.3. The van der Waals surface area contributed by atoms with Gasteiger partial charge in [-0.2, -0.15) is 74.6 Å². The Morgan fingerprint density at radius 3 is 1.27 bits per heavy atom. The molecule has 0 aromatic heterocycles. The maximum Gasteiger partial charge on any atom is 1.00 e. The Labute approximate surface area is 236 Å². The molecular weight excluding hydrogens is 628 g/mol. The number of carboxylic acid groups (broad SMARTS) is 1. The second-order valence-electron chi connectivity index (χ2n) is 6.68. The molecule has 0 spiro atoms. The molecule has 1 N–H and O–H groups in total. The SMILES string of the molecule is O=C([O-])CNCCCS(=O)(=O)C(F)(F)C(F)(F)C(F)(F)C(F)(F)C(F)(F)C(F)(F)C(F)(F)C(F)(F)F.[K+]. The van der Waals surface area contributed by atoms with Gasteiger partial charge in [0.05, 0.1) is 11.7 Å². The van der Waals surface area contributed by atoms with Gasteiger partial charge in [0, 0.05) is 6.54 Å². The quantitative estimate of drug-likeness (QED) is 0.176. The number of rotatable bonds is 13. The Balaban J connectivity index is 0. The first-order chi connectivity index (χ1) is 15.4. The largest absolute Gasteiger partial charge is 1.00 e. The standard InChI is InChI=1S/C13H10F17NO4S.K/c14-6(15,8(18,19)10(22,23)12(26,27)28)7(16,17)9(20,21)11(24,25)13(29,30)36(34,35)3-1-2-31-4-5(32)33;/h31H,1-4H2,(H,32,33);/q;+1/p-1. The maximum atomic E-state index is 13.7. The normalized spacial score (nSPS) is 15.4. The zero-order valence-corrected chi connectivity index (χ0v) is 21.2. The number of halogens is 17. The van der Waals surface area contributed by atoms with Crippen LogP contribution in [-0.2, 0) is 14.6 Å². The minimum Gasteiger partial charge on any atom is -0.549 e. The molecule has 0 saturated carbocycles. The Morgan fingerprint density at radius 2 is 0.946 bits per heavy atom. The van der Waals surface area contributed by atoms with Crippen molar-refractivity contribution in [2.75, 3.05) is 18.8 Å². The minimum atomic E-state index is -8.88. The molecule has 0 aliphatic rings. The van der Waals surface area contributed by atoms with E-state index in [0.717, 1.165) is 0 Å². The van der Waals surface area contributed by atoms with Gasteiger partial charge < -0.3 is 15.2 Å². The number of carboxylic acids is 1. The summed E-state index contributed by atoms with van der Waals surface area (Å²) in [6.45, 7) is -2.12. The smallest absolute Gasteiger partial charge is 0.549 e. The molecule has 0 aromatic rings. The number of aliphatic carboxylic acids is 1. The summed E-state index contributed by atoms with van der Waals surface area (Å²) in [5.74, 6) is -56.1. The van der Waals surface area contributed by atoms with Gasteiger partial charge in [-0.25, -0.2) is 8.42 Å². The van der Waals surface area contributed by atoms with Gasteiger partial charge in [-0.1, -0.05) is 0 Å². The maximum absolute atomic E-state index is 13.7. The molecule has 0 bridgehead atoms. The third-order valence-corrected chi connectivity index (χ3v) is 5.98. The topological polar surface area (TPSA) is 86.3 Å². The summed E-state index contributed by atoms with van der Waals surface area (Å²) in [5.41, 5.74) is 0. The first-order valence-electron chi connectivity index (χ1n) is 8.26. The molecule has 216 valence electrons. The Hall–Kier alpha value is -0.174. The fourth-order valence-corrected chi connectivity index (χ4v) is 3.35. The summed E-state index contributed by atoms with van der Waals surface area (Å²) < 4.78 is 246. The van der Waals surface area contributed by atoms with Crippen LogP contribution in [0.1, 0.15) is 6.42 Å². The van der Waals surface area contributed by atoms with Crippen molar-refractivity contribution in [1.29, 1.82) is 0 Å².